The number of carbonyl (C=O) groups excluding carboxylic acids is 1. The van der Waals surface area contributed by atoms with Crippen LogP contribution in [0, 0.1) is 0 Å². The summed E-state index contributed by atoms with van der Waals surface area (Å²) in [7, 11) is 1.37. The van der Waals surface area contributed by atoms with Gasteiger partial charge < -0.3 is 10.1 Å². The average Bonchev–Trinajstić information content (AvgIpc) is 2.28. The molecule has 0 spiro atoms. The molecular weight excluding hydrogens is 204 g/mol. The molecule has 0 aliphatic heterocycles. The van der Waals surface area contributed by atoms with E-state index in [2.05, 4.69) is 31.1 Å². The van der Waals surface area contributed by atoms with Crippen molar-refractivity contribution >= 4 is 11.8 Å². The Morgan fingerprint density at radius 2 is 2.25 bits per heavy atom. The molecule has 0 saturated heterocycles. The first-order chi connectivity index (χ1) is 7.50. The molecule has 1 N–H and O–H groups in total. The summed E-state index contributed by atoms with van der Waals surface area (Å²) < 4.78 is 4.71. The van der Waals surface area contributed by atoms with E-state index >= 15 is 0 Å². The first-order valence-corrected chi connectivity index (χ1v) is 5.31. The highest BCUT2D eigenvalue weighted by molar-refractivity contribution is 5.94. The van der Waals surface area contributed by atoms with Crippen LogP contribution in [0.1, 0.15) is 37.6 Å². The summed E-state index contributed by atoms with van der Waals surface area (Å²) in [4.78, 5) is 15.7. The molecule has 0 saturated carbocycles. The number of hydrogen-bond acceptors (Lipinski definition) is 4. The van der Waals surface area contributed by atoms with Crippen LogP contribution in [-0.4, -0.2) is 23.6 Å². The molecule has 0 fully saturated rings. The molecule has 0 aliphatic rings. The molecule has 4 heteroatoms. The Kier molecular flexibility index (Phi) is 3.88. The third kappa shape index (κ3) is 2.95. The molecule has 88 valence electrons. The molecule has 0 atom stereocenters. The van der Waals surface area contributed by atoms with Crippen molar-refractivity contribution in [1.29, 1.82) is 0 Å². The molecule has 1 rings (SSSR count). The second kappa shape index (κ2) is 4.96. The number of hydrogen-bond donors (Lipinski definition) is 1. The standard InChI is InChI=1S/C12H18N2O2/c1-5-12(2,3)14-10-9(11(15)16-4)7-6-8-13-10/h6-8H,5H2,1-4H3,(H,13,14). The van der Waals surface area contributed by atoms with Gasteiger partial charge in [-0.05, 0) is 32.4 Å². The molecule has 0 bridgehead atoms. The zero-order valence-corrected chi connectivity index (χ0v) is 10.2. The van der Waals surface area contributed by atoms with Crippen LogP contribution < -0.4 is 5.32 Å². The number of aromatic nitrogens is 1. The van der Waals surface area contributed by atoms with Crippen molar-refractivity contribution in [3.63, 3.8) is 0 Å². The fourth-order valence-electron chi connectivity index (χ4n) is 1.19. The second-order valence-electron chi connectivity index (χ2n) is 4.25. The molecule has 0 unspecified atom stereocenters. The van der Waals surface area contributed by atoms with E-state index in [1.54, 1.807) is 18.3 Å². The van der Waals surface area contributed by atoms with Gasteiger partial charge >= 0.3 is 5.97 Å². The lowest BCUT2D eigenvalue weighted by atomic mass is 10.0. The van der Waals surface area contributed by atoms with Crippen LogP contribution in [0.15, 0.2) is 18.3 Å². The molecule has 4 nitrogen and oxygen atoms in total. The van der Waals surface area contributed by atoms with E-state index in [-0.39, 0.29) is 11.5 Å². The molecule has 0 aromatic carbocycles. The predicted molar refractivity (Wildman–Crippen MR) is 63.6 cm³/mol. The molecule has 1 aromatic rings. The van der Waals surface area contributed by atoms with E-state index < -0.39 is 0 Å². The minimum absolute atomic E-state index is 0.100. The van der Waals surface area contributed by atoms with Crippen LogP contribution in [-0.2, 0) is 4.74 Å². The van der Waals surface area contributed by atoms with Crippen molar-refractivity contribution < 1.29 is 9.53 Å². The first kappa shape index (κ1) is 12.5. The van der Waals surface area contributed by atoms with Gasteiger partial charge in [-0.1, -0.05) is 6.92 Å². The monoisotopic (exact) mass is 222 g/mol. The SMILES string of the molecule is CCC(C)(C)Nc1ncccc1C(=O)OC. The zero-order valence-electron chi connectivity index (χ0n) is 10.2. The molecule has 0 radical (unpaired) electrons. The smallest absolute Gasteiger partial charge is 0.341 e. The van der Waals surface area contributed by atoms with Gasteiger partial charge in [0.1, 0.15) is 11.4 Å². The number of anilines is 1. The Balaban J connectivity index is 3.00. The van der Waals surface area contributed by atoms with Crippen LogP contribution in [0.5, 0.6) is 0 Å². The van der Waals surface area contributed by atoms with Gasteiger partial charge in [-0.2, -0.15) is 0 Å². The van der Waals surface area contributed by atoms with E-state index in [0.717, 1.165) is 6.42 Å². The number of nitrogens with one attached hydrogen (secondary N) is 1. The van der Waals surface area contributed by atoms with E-state index in [4.69, 9.17) is 4.74 Å². The number of esters is 1. The Morgan fingerprint density at radius 3 is 2.81 bits per heavy atom. The third-order valence-corrected chi connectivity index (χ3v) is 2.55. The quantitative estimate of drug-likeness (QED) is 0.795. The van der Waals surface area contributed by atoms with E-state index in [1.165, 1.54) is 7.11 Å². The van der Waals surface area contributed by atoms with Gasteiger partial charge in [-0.3, -0.25) is 0 Å². The van der Waals surface area contributed by atoms with Crippen molar-refractivity contribution in [1.82, 2.24) is 4.98 Å². The molecular formula is C12H18N2O2. The number of pyridine rings is 1. The van der Waals surface area contributed by atoms with Crippen molar-refractivity contribution in [3.8, 4) is 0 Å². The average molecular weight is 222 g/mol. The van der Waals surface area contributed by atoms with Crippen molar-refractivity contribution in [2.24, 2.45) is 0 Å². The summed E-state index contributed by atoms with van der Waals surface area (Å²) in [5, 5.41) is 3.24. The van der Waals surface area contributed by atoms with Crippen LogP contribution in [0.2, 0.25) is 0 Å². The van der Waals surface area contributed by atoms with Crippen LogP contribution in [0.25, 0.3) is 0 Å². The summed E-state index contributed by atoms with van der Waals surface area (Å²) >= 11 is 0. The van der Waals surface area contributed by atoms with Crippen LogP contribution in [0.4, 0.5) is 5.82 Å². The fraction of sp³-hybridized carbons (Fsp3) is 0.500. The minimum atomic E-state index is -0.373. The Morgan fingerprint density at radius 1 is 1.56 bits per heavy atom. The maximum absolute atomic E-state index is 11.5. The van der Waals surface area contributed by atoms with Gasteiger partial charge in [-0.25, -0.2) is 9.78 Å². The maximum Gasteiger partial charge on any atom is 0.341 e. The van der Waals surface area contributed by atoms with E-state index in [9.17, 15) is 4.79 Å². The number of methoxy groups -OCH3 is 1. The lowest BCUT2D eigenvalue weighted by Gasteiger charge is -2.26. The topological polar surface area (TPSA) is 51.2 Å². The van der Waals surface area contributed by atoms with Gasteiger partial charge in [0, 0.05) is 11.7 Å². The molecule has 16 heavy (non-hydrogen) atoms. The number of carbonyl (C=O) groups is 1. The highest BCUT2D eigenvalue weighted by Crippen LogP contribution is 2.19. The first-order valence-electron chi connectivity index (χ1n) is 5.31. The number of rotatable bonds is 4. The fourth-order valence-corrected chi connectivity index (χ4v) is 1.19. The lowest BCUT2D eigenvalue weighted by molar-refractivity contribution is 0.0601. The van der Waals surface area contributed by atoms with Crippen molar-refractivity contribution in [2.45, 2.75) is 32.7 Å². The van der Waals surface area contributed by atoms with Crippen LogP contribution in [0.3, 0.4) is 0 Å². The largest absolute Gasteiger partial charge is 0.465 e. The van der Waals surface area contributed by atoms with Crippen molar-refractivity contribution in [3.05, 3.63) is 23.9 Å². The third-order valence-electron chi connectivity index (χ3n) is 2.55. The zero-order chi connectivity index (χ0) is 12.2. The summed E-state index contributed by atoms with van der Waals surface area (Å²) in [6, 6.07) is 3.42. The highest BCUT2D eigenvalue weighted by atomic mass is 16.5. The van der Waals surface area contributed by atoms with Crippen molar-refractivity contribution in [2.75, 3.05) is 12.4 Å². The van der Waals surface area contributed by atoms with Crippen LogP contribution >= 0.6 is 0 Å². The van der Waals surface area contributed by atoms with Gasteiger partial charge in [0.05, 0.1) is 7.11 Å². The number of ether oxygens (including phenoxy) is 1. The van der Waals surface area contributed by atoms with Gasteiger partial charge in [-0.15, -0.1) is 0 Å². The van der Waals surface area contributed by atoms with E-state index in [0.29, 0.717) is 11.4 Å². The summed E-state index contributed by atoms with van der Waals surface area (Å²) in [6.45, 7) is 6.19. The van der Waals surface area contributed by atoms with E-state index in [1.807, 2.05) is 0 Å². The summed E-state index contributed by atoms with van der Waals surface area (Å²) in [6.07, 6.45) is 2.59. The Hall–Kier alpha value is -1.58. The molecule has 1 aromatic heterocycles. The Labute approximate surface area is 96.0 Å². The predicted octanol–water partition coefficient (Wildman–Crippen LogP) is 2.47. The Bertz CT molecular complexity index is 375. The molecule has 0 aliphatic carbocycles. The second-order valence-corrected chi connectivity index (χ2v) is 4.25. The summed E-state index contributed by atoms with van der Waals surface area (Å²) in [5.74, 6) is 0.198. The minimum Gasteiger partial charge on any atom is -0.465 e. The maximum atomic E-state index is 11.5. The van der Waals surface area contributed by atoms with Gasteiger partial charge in [0.25, 0.3) is 0 Å². The molecule has 1 heterocycles. The lowest BCUT2D eigenvalue weighted by Crippen LogP contribution is -2.31. The highest BCUT2D eigenvalue weighted by Gasteiger charge is 2.19. The number of nitrogens with zero attached hydrogens (tertiary/aromatic N) is 1. The molecule has 0 amide bonds. The normalized spacial score (nSPS) is 11.0. The summed E-state index contributed by atoms with van der Waals surface area (Å²) in [5.41, 5.74) is 0.364. The van der Waals surface area contributed by atoms with Gasteiger partial charge in [0.15, 0.2) is 0 Å². The van der Waals surface area contributed by atoms with Gasteiger partial charge in [0.2, 0.25) is 0 Å².